The van der Waals surface area contributed by atoms with E-state index in [9.17, 15) is 14.4 Å². The molecule has 0 fully saturated rings. The van der Waals surface area contributed by atoms with Gasteiger partial charge >= 0.3 is 5.97 Å². The Bertz CT molecular complexity index is 1060. The van der Waals surface area contributed by atoms with Crippen molar-refractivity contribution in [2.45, 2.75) is 45.1 Å². The molecule has 1 N–H and O–H groups in total. The van der Waals surface area contributed by atoms with Gasteiger partial charge < -0.3 is 19.7 Å². The van der Waals surface area contributed by atoms with Gasteiger partial charge in [-0.3, -0.25) is 9.59 Å². The maximum absolute atomic E-state index is 13.3. The van der Waals surface area contributed by atoms with Crippen LogP contribution in [0.15, 0.2) is 18.2 Å². The summed E-state index contributed by atoms with van der Waals surface area (Å²) in [5.74, 6) is -1.11. The first kappa shape index (κ1) is 20.4. The first-order valence-electron chi connectivity index (χ1n) is 9.88. The van der Waals surface area contributed by atoms with Gasteiger partial charge in [-0.2, -0.15) is 0 Å². The lowest BCUT2D eigenvalue weighted by Crippen LogP contribution is -2.59. The smallest absolute Gasteiger partial charge is 0.341 e. The molecule has 1 unspecified atom stereocenters. The topological polar surface area (TPSA) is 84.9 Å². The number of carbonyl (C=O) groups is 3. The molecule has 0 saturated heterocycles. The molecule has 1 aliphatic carbocycles. The molecule has 1 aliphatic heterocycles. The van der Waals surface area contributed by atoms with Crippen LogP contribution in [0.2, 0.25) is 0 Å². The van der Waals surface area contributed by atoms with Crippen molar-refractivity contribution in [1.82, 2.24) is 0 Å². The van der Waals surface area contributed by atoms with Gasteiger partial charge in [-0.25, -0.2) is 4.79 Å². The largest absolute Gasteiger partial charge is 0.465 e. The molecule has 1 aromatic heterocycles. The number of nitrogens with one attached hydrogen (secondary N) is 1. The number of aryl methyl sites for hydroxylation is 2. The van der Waals surface area contributed by atoms with Crippen molar-refractivity contribution < 1.29 is 23.9 Å². The van der Waals surface area contributed by atoms with Gasteiger partial charge in [-0.15, -0.1) is 11.3 Å². The lowest BCUT2D eigenvalue weighted by Gasteiger charge is -2.38. The number of carbonyl (C=O) groups excluding carboxylic acids is 3. The number of amides is 2. The summed E-state index contributed by atoms with van der Waals surface area (Å²) < 4.78 is 10.9. The molecule has 2 amide bonds. The summed E-state index contributed by atoms with van der Waals surface area (Å²) in [4.78, 5) is 41.3. The van der Waals surface area contributed by atoms with Crippen LogP contribution in [0.3, 0.4) is 0 Å². The van der Waals surface area contributed by atoms with Gasteiger partial charge in [0.05, 0.1) is 18.4 Å². The molecule has 1 atom stereocenters. The minimum Gasteiger partial charge on any atom is -0.465 e. The quantitative estimate of drug-likeness (QED) is 0.598. The molecule has 7 nitrogen and oxygen atoms in total. The molecule has 2 heterocycles. The predicted molar refractivity (Wildman–Crippen MR) is 115 cm³/mol. The van der Waals surface area contributed by atoms with Gasteiger partial charge in [0.15, 0.2) is 0 Å². The number of anilines is 2. The number of nitrogens with zero attached hydrogens (tertiary/aromatic N) is 1. The standard InChI is InChI=1S/C22H24N2O5S/c1-12-9-10-15-14(11-12)24(3)21(27)22(2,29-15)20(26)23-18-17(19(25)28-4)13-7-5-6-8-16(13)30-18/h9-11H,5-8H2,1-4H3,(H,23,26). The highest BCUT2D eigenvalue weighted by molar-refractivity contribution is 7.17. The first-order valence-corrected chi connectivity index (χ1v) is 10.7. The molecular formula is C22H24N2O5S. The SMILES string of the molecule is COC(=O)c1c(NC(=O)C2(C)Oc3ccc(C)cc3N(C)C2=O)sc2c1CCCC2. The molecule has 158 valence electrons. The van der Waals surface area contributed by atoms with Gasteiger partial charge in [0.25, 0.3) is 17.4 Å². The number of thiophene rings is 1. The summed E-state index contributed by atoms with van der Waals surface area (Å²) in [6.45, 7) is 3.38. The highest BCUT2D eigenvalue weighted by Gasteiger charge is 2.50. The van der Waals surface area contributed by atoms with Gasteiger partial charge in [-0.1, -0.05) is 6.07 Å². The van der Waals surface area contributed by atoms with Crippen LogP contribution < -0.4 is 15.0 Å². The third-order valence-corrected chi connectivity index (χ3v) is 6.93. The van der Waals surface area contributed by atoms with E-state index in [0.717, 1.165) is 41.7 Å². The zero-order chi connectivity index (χ0) is 21.6. The molecule has 0 saturated carbocycles. The maximum atomic E-state index is 13.3. The molecular weight excluding hydrogens is 404 g/mol. The number of likely N-dealkylation sites (N-methyl/N-ethyl adjacent to an activating group) is 1. The summed E-state index contributed by atoms with van der Waals surface area (Å²) in [5, 5.41) is 3.20. The van der Waals surface area contributed by atoms with E-state index in [-0.39, 0.29) is 0 Å². The molecule has 2 aromatic rings. The highest BCUT2D eigenvalue weighted by atomic mass is 32.1. The minimum absolute atomic E-state index is 0.391. The Labute approximate surface area is 179 Å². The fourth-order valence-electron chi connectivity index (χ4n) is 4.01. The lowest BCUT2D eigenvalue weighted by molar-refractivity contribution is -0.144. The molecule has 4 rings (SSSR count). The number of hydrogen-bond donors (Lipinski definition) is 1. The van der Waals surface area contributed by atoms with Crippen LogP contribution in [-0.4, -0.2) is 37.5 Å². The van der Waals surface area contributed by atoms with Crippen molar-refractivity contribution in [3.63, 3.8) is 0 Å². The second-order valence-corrected chi connectivity index (χ2v) is 8.94. The zero-order valence-electron chi connectivity index (χ0n) is 17.5. The van der Waals surface area contributed by atoms with Crippen molar-refractivity contribution in [3.05, 3.63) is 39.8 Å². The Morgan fingerprint density at radius 3 is 2.73 bits per heavy atom. The van der Waals surface area contributed by atoms with E-state index in [0.29, 0.717) is 22.0 Å². The van der Waals surface area contributed by atoms with Crippen LogP contribution in [0.25, 0.3) is 0 Å². The van der Waals surface area contributed by atoms with Gasteiger partial charge in [-0.05, 0) is 62.8 Å². The summed E-state index contributed by atoms with van der Waals surface area (Å²) >= 11 is 1.37. The lowest BCUT2D eigenvalue weighted by atomic mass is 9.95. The van der Waals surface area contributed by atoms with Crippen molar-refractivity contribution >= 4 is 39.8 Å². The molecule has 0 spiro atoms. The fraction of sp³-hybridized carbons (Fsp3) is 0.409. The van der Waals surface area contributed by atoms with E-state index in [1.807, 2.05) is 19.1 Å². The Hall–Kier alpha value is -2.87. The number of benzene rings is 1. The summed E-state index contributed by atoms with van der Waals surface area (Å²) in [7, 11) is 2.95. The number of esters is 1. The normalized spacial score (nSPS) is 20.1. The van der Waals surface area contributed by atoms with E-state index in [4.69, 9.17) is 9.47 Å². The summed E-state index contributed by atoms with van der Waals surface area (Å²) in [6.07, 6.45) is 3.67. The molecule has 30 heavy (non-hydrogen) atoms. The Morgan fingerprint density at radius 1 is 1.27 bits per heavy atom. The number of rotatable bonds is 3. The molecule has 0 radical (unpaired) electrons. The predicted octanol–water partition coefficient (Wildman–Crippen LogP) is 3.47. The minimum atomic E-state index is -1.76. The van der Waals surface area contributed by atoms with Crippen LogP contribution in [0.1, 0.15) is 46.1 Å². The van der Waals surface area contributed by atoms with Crippen molar-refractivity contribution in [2.24, 2.45) is 0 Å². The van der Waals surface area contributed by atoms with Gasteiger partial charge in [0.2, 0.25) is 0 Å². The van der Waals surface area contributed by atoms with Gasteiger partial charge in [0.1, 0.15) is 10.8 Å². The number of ether oxygens (including phenoxy) is 2. The van der Waals surface area contributed by atoms with Gasteiger partial charge in [0, 0.05) is 11.9 Å². The number of fused-ring (bicyclic) bond motifs is 2. The molecule has 2 aliphatic rings. The zero-order valence-corrected chi connectivity index (χ0v) is 18.3. The fourth-order valence-corrected chi connectivity index (χ4v) is 5.28. The van der Waals surface area contributed by atoms with Crippen LogP contribution in [0, 0.1) is 6.92 Å². The highest BCUT2D eigenvalue weighted by Crippen LogP contribution is 2.41. The summed E-state index contributed by atoms with van der Waals surface area (Å²) in [5.41, 5.74) is 1.17. The Kier molecular flexibility index (Phi) is 5.05. The van der Waals surface area contributed by atoms with E-state index in [1.54, 1.807) is 13.1 Å². The van der Waals surface area contributed by atoms with Crippen LogP contribution in [-0.2, 0) is 27.2 Å². The van der Waals surface area contributed by atoms with E-state index >= 15 is 0 Å². The average Bonchev–Trinajstić information content (AvgIpc) is 3.10. The Balaban J connectivity index is 1.69. The number of hydrogen-bond acceptors (Lipinski definition) is 6. The third kappa shape index (κ3) is 3.15. The van der Waals surface area contributed by atoms with E-state index in [1.165, 1.54) is 30.3 Å². The maximum Gasteiger partial charge on any atom is 0.341 e. The van der Waals surface area contributed by atoms with Crippen molar-refractivity contribution in [1.29, 1.82) is 0 Å². The first-order chi connectivity index (χ1) is 14.3. The molecule has 8 heteroatoms. The van der Waals surface area contributed by atoms with Crippen LogP contribution in [0.5, 0.6) is 5.75 Å². The van der Waals surface area contributed by atoms with E-state index < -0.39 is 23.4 Å². The van der Waals surface area contributed by atoms with E-state index in [2.05, 4.69) is 5.32 Å². The second-order valence-electron chi connectivity index (χ2n) is 7.83. The summed E-state index contributed by atoms with van der Waals surface area (Å²) in [6, 6.07) is 5.46. The van der Waals surface area contributed by atoms with Crippen LogP contribution in [0.4, 0.5) is 10.7 Å². The molecule has 1 aromatic carbocycles. The monoisotopic (exact) mass is 428 g/mol. The van der Waals surface area contributed by atoms with Crippen LogP contribution >= 0.6 is 11.3 Å². The van der Waals surface area contributed by atoms with Crippen molar-refractivity contribution in [2.75, 3.05) is 24.4 Å². The average molecular weight is 429 g/mol. The Morgan fingerprint density at radius 2 is 2.00 bits per heavy atom. The molecule has 0 bridgehead atoms. The number of methoxy groups -OCH3 is 1. The second kappa shape index (κ2) is 7.43. The third-order valence-electron chi connectivity index (χ3n) is 5.72. The van der Waals surface area contributed by atoms with Crippen molar-refractivity contribution in [3.8, 4) is 5.75 Å².